The van der Waals surface area contributed by atoms with Gasteiger partial charge in [0.25, 0.3) is 5.91 Å². The van der Waals surface area contributed by atoms with Gasteiger partial charge in [0.05, 0.1) is 16.8 Å². The van der Waals surface area contributed by atoms with Crippen molar-refractivity contribution >= 4 is 51.6 Å². The maximum absolute atomic E-state index is 12.0. The van der Waals surface area contributed by atoms with E-state index in [-0.39, 0.29) is 10.9 Å². The van der Waals surface area contributed by atoms with E-state index in [0.717, 1.165) is 5.52 Å². The molecular formula is C19H12ClN3O3S. The molecule has 2 heterocycles. The Morgan fingerprint density at radius 3 is 2.74 bits per heavy atom. The fourth-order valence-corrected chi connectivity index (χ4v) is 2.90. The molecule has 0 spiro atoms. The normalized spacial score (nSPS) is 10.7. The maximum atomic E-state index is 12.0. The van der Waals surface area contributed by atoms with Crippen LogP contribution in [-0.4, -0.2) is 16.0 Å². The van der Waals surface area contributed by atoms with Gasteiger partial charge in [-0.1, -0.05) is 23.7 Å². The Labute approximate surface area is 164 Å². The highest BCUT2D eigenvalue weighted by Crippen LogP contribution is 2.32. The molecule has 134 valence electrons. The SMILES string of the molecule is O=C(NC(=S)Nc1ccc(Cl)c(-c2nc3ccccc3o2)c1)c1ccco1. The number of furan rings is 1. The molecule has 2 N–H and O–H groups in total. The van der Waals surface area contributed by atoms with Crippen LogP contribution in [0.25, 0.3) is 22.6 Å². The van der Waals surface area contributed by atoms with Crippen molar-refractivity contribution in [2.45, 2.75) is 0 Å². The molecule has 0 aliphatic rings. The van der Waals surface area contributed by atoms with Crippen molar-refractivity contribution < 1.29 is 13.6 Å². The quantitative estimate of drug-likeness (QED) is 0.480. The molecule has 0 aliphatic heterocycles. The number of carbonyl (C=O) groups is 1. The predicted molar refractivity (Wildman–Crippen MR) is 107 cm³/mol. The molecule has 4 rings (SSSR count). The summed E-state index contributed by atoms with van der Waals surface area (Å²) in [7, 11) is 0. The summed E-state index contributed by atoms with van der Waals surface area (Å²) in [6.07, 6.45) is 1.41. The van der Waals surface area contributed by atoms with Gasteiger partial charge >= 0.3 is 0 Å². The minimum absolute atomic E-state index is 0.127. The van der Waals surface area contributed by atoms with E-state index in [9.17, 15) is 4.79 Å². The number of fused-ring (bicyclic) bond motifs is 1. The Hall–Kier alpha value is -3.16. The van der Waals surface area contributed by atoms with Gasteiger partial charge in [0.1, 0.15) is 5.52 Å². The van der Waals surface area contributed by atoms with Gasteiger partial charge in [-0.2, -0.15) is 0 Å². The first-order valence-corrected chi connectivity index (χ1v) is 8.70. The third-order valence-electron chi connectivity index (χ3n) is 3.72. The van der Waals surface area contributed by atoms with E-state index in [1.165, 1.54) is 6.26 Å². The number of oxazole rings is 1. The summed E-state index contributed by atoms with van der Waals surface area (Å²) in [5, 5.41) is 6.09. The van der Waals surface area contributed by atoms with Crippen LogP contribution in [0.5, 0.6) is 0 Å². The number of thiocarbonyl (C=S) groups is 1. The summed E-state index contributed by atoms with van der Waals surface area (Å²) < 4.78 is 10.8. The highest BCUT2D eigenvalue weighted by atomic mass is 35.5. The van der Waals surface area contributed by atoms with E-state index >= 15 is 0 Å². The molecule has 2 aromatic heterocycles. The van der Waals surface area contributed by atoms with Crippen LogP contribution >= 0.6 is 23.8 Å². The van der Waals surface area contributed by atoms with E-state index in [2.05, 4.69) is 15.6 Å². The van der Waals surface area contributed by atoms with Crippen LogP contribution < -0.4 is 10.6 Å². The fraction of sp³-hybridized carbons (Fsp3) is 0. The Balaban J connectivity index is 1.55. The fourth-order valence-electron chi connectivity index (χ4n) is 2.49. The minimum Gasteiger partial charge on any atom is -0.459 e. The smallest absolute Gasteiger partial charge is 0.293 e. The zero-order valence-electron chi connectivity index (χ0n) is 13.7. The third kappa shape index (κ3) is 3.69. The molecule has 27 heavy (non-hydrogen) atoms. The van der Waals surface area contributed by atoms with Crippen molar-refractivity contribution in [1.29, 1.82) is 0 Å². The van der Waals surface area contributed by atoms with Gasteiger partial charge in [-0.05, 0) is 54.7 Å². The predicted octanol–water partition coefficient (Wildman–Crippen LogP) is 4.87. The van der Waals surface area contributed by atoms with E-state index in [0.29, 0.717) is 27.7 Å². The van der Waals surface area contributed by atoms with Gasteiger partial charge in [0.15, 0.2) is 16.5 Å². The van der Waals surface area contributed by atoms with Crippen LogP contribution in [0.2, 0.25) is 5.02 Å². The molecule has 0 unspecified atom stereocenters. The lowest BCUT2D eigenvalue weighted by Gasteiger charge is -2.10. The van der Waals surface area contributed by atoms with Crippen LogP contribution in [0.3, 0.4) is 0 Å². The highest BCUT2D eigenvalue weighted by molar-refractivity contribution is 7.80. The first-order valence-electron chi connectivity index (χ1n) is 7.91. The van der Waals surface area contributed by atoms with E-state index < -0.39 is 5.91 Å². The molecule has 0 saturated heterocycles. The second-order valence-electron chi connectivity index (χ2n) is 5.57. The van der Waals surface area contributed by atoms with E-state index in [1.807, 2.05) is 24.3 Å². The van der Waals surface area contributed by atoms with Crippen molar-refractivity contribution in [3.63, 3.8) is 0 Å². The average Bonchev–Trinajstić information content (AvgIpc) is 3.32. The van der Waals surface area contributed by atoms with Crippen molar-refractivity contribution in [2.75, 3.05) is 5.32 Å². The molecule has 0 saturated carbocycles. The number of aromatic nitrogens is 1. The number of hydrogen-bond acceptors (Lipinski definition) is 5. The Kier molecular flexibility index (Phi) is 4.62. The molecule has 0 aliphatic carbocycles. The number of para-hydroxylation sites is 2. The summed E-state index contributed by atoms with van der Waals surface area (Å²) in [4.78, 5) is 16.4. The molecule has 0 radical (unpaired) electrons. The Morgan fingerprint density at radius 1 is 1.11 bits per heavy atom. The summed E-state index contributed by atoms with van der Waals surface area (Å²) in [5.41, 5.74) is 2.64. The van der Waals surface area contributed by atoms with E-state index in [1.54, 1.807) is 30.3 Å². The first kappa shape index (κ1) is 17.3. The molecule has 0 bridgehead atoms. The van der Waals surface area contributed by atoms with Gasteiger partial charge in [-0.15, -0.1) is 0 Å². The van der Waals surface area contributed by atoms with Crippen LogP contribution in [0.4, 0.5) is 5.69 Å². The van der Waals surface area contributed by atoms with Crippen LogP contribution in [0, 0.1) is 0 Å². The molecule has 1 amide bonds. The number of hydrogen-bond donors (Lipinski definition) is 2. The number of carbonyl (C=O) groups excluding carboxylic acids is 1. The van der Waals surface area contributed by atoms with Gasteiger partial charge < -0.3 is 14.2 Å². The first-order chi connectivity index (χ1) is 13.1. The zero-order chi connectivity index (χ0) is 18.8. The van der Waals surface area contributed by atoms with E-state index in [4.69, 9.17) is 32.7 Å². The second-order valence-corrected chi connectivity index (χ2v) is 6.38. The third-order valence-corrected chi connectivity index (χ3v) is 4.25. The molecule has 8 heteroatoms. The van der Waals surface area contributed by atoms with Crippen molar-refractivity contribution in [1.82, 2.24) is 10.3 Å². The number of benzene rings is 2. The van der Waals surface area contributed by atoms with Crippen molar-refractivity contribution in [2.24, 2.45) is 0 Å². The van der Waals surface area contributed by atoms with Crippen molar-refractivity contribution in [3.05, 3.63) is 71.6 Å². The second kappa shape index (κ2) is 7.22. The van der Waals surface area contributed by atoms with Gasteiger partial charge in [0.2, 0.25) is 5.89 Å². The Morgan fingerprint density at radius 2 is 1.96 bits per heavy atom. The Bertz CT molecular complexity index is 1110. The largest absolute Gasteiger partial charge is 0.459 e. The molecular weight excluding hydrogens is 386 g/mol. The molecule has 4 aromatic rings. The summed E-state index contributed by atoms with van der Waals surface area (Å²) >= 11 is 11.5. The number of halogens is 1. The highest BCUT2D eigenvalue weighted by Gasteiger charge is 2.14. The number of anilines is 1. The topological polar surface area (TPSA) is 80.3 Å². The maximum Gasteiger partial charge on any atom is 0.293 e. The molecule has 0 atom stereocenters. The summed E-state index contributed by atoms with van der Waals surface area (Å²) in [6, 6.07) is 15.8. The van der Waals surface area contributed by atoms with Crippen LogP contribution in [0.15, 0.2) is 69.7 Å². The lowest BCUT2D eigenvalue weighted by atomic mass is 10.2. The van der Waals surface area contributed by atoms with Gasteiger partial charge in [-0.25, -0.2) is 4.98 Å². The lowest BCUT2D eigenvalue weighted by Crippen LogP contribution is -2.33. The summed E-state index contributed by atoms with van der Waals surface area (Å²) in [6.45, 7) is 0. The molecule has 6 nitrogen and oxygen atoms in total. The number of amides is 1. The van der Waals surface area contributed by atoms with Crippen LogP contribution in [0.1, 0.15) is 10.6 Å². The number of nitrogens with one attached hydrogen (secondary N) is 2. The molecule has 2 aromatic carbocycles. The minimum atomic E-state index is -0.439. The monoisotopic (exact) mass is 397 g/mol. The van der Waals surface area contributed by atoms with Crippen LogP contribution in [-0.2, 0) is 0 Å². The summed E-state index contributed by atoms with van der Waals surface area (Å²) in [5.74, 6) is 0.128. The standard InChI is InChI=1S/C19H12ClN3O3S/c20-13-8-7-11(21-19(27)23-17(24)16-6-3-9-25-16)10-12(13)18-22-14-4-1-2-5-15(14)26-18/h1-10H,(H2,21,23,24,27). The lowest BCUT2D eigenvalue weighted by molar-refractivity contribution is 0.0950. The zero-order valence-corrected chi connectivity index (χ0v) is 15.3. The molecule has 0 fully saturated rings. The van der Waals surface area contributed by atoms with Gasteiger partial charge in [0, 0.05) is 5.69 Å². The average molecular weight is 398 g/mol. The number of nitrogens with zero attached hydrogens (tertiary/aromatic N) is 1. The van der Waals surface area contributed by atoms with Crippen molar-refractivity contribution in [3.8, 4) is 11.5 Å². The number of rotatable bonds is 3. The van der Waals surface area contributed by atoms with Gasteiger partial charge in [-0.3, -0.25) is 10.1 Å².